The van der Waals surface area contributed by atoms with Crippen molar-refractivity contribution in [3.63, 3.8) is 0 Å². The van der Waals surface area contributed by atoms with Gasteiger partial charge in [0, 0.05) is 10.7 Å². The van der Waals surface area contributed by atoms with Gasteiger partial charge in [-0.25, -0.2) is 13.2 Å². The molecule has 0 saturated carbocycles. The average molecular weight is 461 g/mol. The standard InChI is InChI=1S/C17H15BrClNO5S/c1-10-3-6-14(12(18)7-10)20-16(21)9-25-17(22)11-4-5-13(19)15(8-11)26(2,23)24/h3-8H,9H2,1-2H3,(H,20,21). The Morgan fingerprint density at radius 3 is 2.50 bits per heavy atom. The highest BCUT2D eigenvalue weighted by molar-refractivity contribution is 9.10. The van der Waals surface area contributed by atoms with Gasteiger partial charge in [-0.1, -0.05) is 17.7 Å². The number of aryl methyl sites for hydroxylation is 1. The molecule has 0 aliphatic carbocycles. The molecule has 6 nitrogen and oxygen atoms in total. The van der Waals surface area contributed by atoms with Crippen LogP contribution in [0.4, 0.5) is 5.69 Å². The first-order valence-corrected chi connectivity index (χ1v) is 10.4. The Balaban J connectivity index is 2.03. The van der Waals surface area contributed by atoms with Crippen molar-refractivity contribution in [2.24, 2.45) is 0 Å². The van der Waals surface area contributed by atoms with E-state index in [2.05, 4.69) is 21.2 Å². The summed E-state index contributed by atoms with van der Waals surface area (Å²) in [5, 5.41) is 2.61. The maximum atomic E-state index is 12.1. The summed E-state index contributed by atoms with van der Waals surface area (Å²) in [5.41, 5.74) is 1.55. The second-order valence-electron chi connectivity index (χ2n) is 5.52. The number of halogens is 2. The lowest BCUT2D eigenvalue weighted by Crippen LogP contribution is -2.21. The quantitative estimate of drug-likeness (QED) is 0.689. The summed E-state index contributed by atoms with van der Waals surface area (Å²) >= 11 is 9.16. The largest absolute Gasteiger partial charge is 0.452 e. The van der Waals surface area contributed by atoms with Gasteiger partial charge >= 0.3 is 5.97 Å². The van der Waals surface area contributed by atoms with Crippen molar-refractivity contribution in [3.05, 3.63) is 57.0 Å². The number of ether oxygens (including phenoxy) is 1. The van der Waals surface area contributed by atoms with Crippen LogP contribution in [0.15, 0.2) is 45.8 Å². The molecule has 0 fully saturated rings. The summed E-state index contributed by atoms with van der Waals surface area (Å²) in [5.74, 6) is -1.36. The molecule has 2 aromatic carbocycles. The predicted octanol–water partition coefficient (Wildman–Crippen LogP) is 3.61. The van der Waals surface area contributed by atoms with Crippen LogP contribution in [0.3, 0.4) is 0 Å². The molecule has 9 heteroatoms. The number of hydrogen-bond acceptors (Lipinski definition) is 5. The number of anilines is 1. The maximum Gasteiger partial charge on any atom is 0.338 e. The van der Waals surface area contributed by atoms with E-state index in [4.69, 9.17) is 16.3 Å². The molecule has 0 bridgehead atoms. The van der Waals surface area contributed by atoms with Crippen molar-refractivity contribution >= 4 is 54.9 Å². The van der Waals surface area contributed by atoms with Gasteiger partial charge in [-0.2, -0.15) is 0 Å². The monoisotopic (exact) mass is 459 g/mol. The van der Waals surface area contributed by atoms with Crippen LogP contribution < -0.4 is 5.32 Å². The van der Waals surface area contributed by atoms with E-state index >= 15 is 0 Å². The van der Waals surface area contributed by atoms with Gasteiger partial charge in [0.05, 0.1) is 21.2 Å². The number of amides is 1. The lowest BCUT2D eigenvalue weighted by atomic mass is 10.2. The third-order valence-corrected chi connectivity index (χ3v) is 5.53. The molecule has 0 heterocycles. The number of carbonyl (C=O) groups is 2. The maximum absolute atomic E-state index is 12.1. The van der Waals surface area contributed by atoms with Gasteiger partial charge in [-0.3, -0.25) is 4.79 Å². The van der Waals surface area contributed by atoms with Gasteiger partial charge in [0.2, 0.25) is 0 Å². The predicted molar refractivity (Wildman–Crippen MR) is 102 cm³/mol. The fourth-order valence-corrected chi connectivity index (χ4v) is 3.93. The van der Waals surface area contributed by atoms with Gasteiger partial charge < -0.3 is 10.1 Å². The van der Waals surface area contributed by atoms with E-state index in [0.717, 1.165) is 17.9 Å². The zero-order valence-corrected chi connectivity index (χ0v) is 17.0. The Morgan fingerprint density at radius 1 is 1.19 bits per heavy atom. The van der Waals surface area contributed by atoms with Crippen molar-refractivity contribution in [1.29, 1.82) is 0 Å². The van der Waals surface area contributed by atoms with E-state index < -0.39 is 28.3 Å². The summed E-state index contributed by atoms with van der Waals surface area (Å²) in [6.07, 6.45) is 0.982. The first-order valence-electron chi connectivity index (χ1n) is 7.30. The number of sulfone groups is 1. The molecular weight excluding hydrogens is 446 g/mol. The molecule has 26 heavy (non-hydrogen) atoms. The minimum absolute atomic E-state index is 0.00557. The van der Waals surface area contributed by atoms with Crippen LogP contribution in [0.1, 0.15) is 15.9 Å². The second kappa shape index (κ2) is 8.20. The normalized spacial score (nSPS) is 11.1. The van der Waals surface area contributed by atoms with Crippen LogP contribution in [-0.4, -0.2) is 33.2 Å². The van der Waals surface area contributed by atoms with E-state index in [-0.39, 0.29) is 15.5 Å². The first-order chi connectivity index (χ1) is 12.1. The zero-order valence-electron chi connectivity index (χ0n) is 13.9. The fraction of sp³-hybridized carbons (Fsp3) is 0.176. The minimum Gasteiger partial charge on any atom is -0.452 e. The molecule has 0 spiro atoms. The zero-order chi connectivity index (χ0) is 19.5. The van der Waals surface area contributed by atoms with Crippen LogP contribution in [0, 0.1) is 6.92 Å². The molecule has 138 valence electrons. The van der Waals surface area contributed by atoms with E-state index in [1.807, 2.05) is 19.1 Å². The molecule has 2 rings (SSSR count). The van der Waals surface area contributed by atoms with E-state index in [0.29, 0.717) is 10.2 Å². The molecule has 0 aliphatic rings. The van der Waals surface area contributed by atoms with Crippen LogP contribution in [0.5, 0.6) is 0 Å². The molecule has 0 atom stereocenters. The minimum atomic E-state index is -3.59. The van der Waals surface area contributed by atoms with Crippen LogP contribution in [0.2, 0.25) is 5.02 Å². The van der Waals surface area contributed by atoms with E-state index in [9.17, 15) is 18.0 Å². The molecule has 0 aromatic heterocycles. The number of benzene rings is 2. The number of nitrogens with one attached hydrogen (secondary N) is 1. The number of esters is 1. The Kier molecular flexibility index (Phi) is 6.44. The molecule has 0 aliphatic heterocycles. The van der Waals surface area contributed by atoms with Crippen LogP contribution in [0.25, 0.3) is 0 Å². The van der Waals surface area contributed by atoms with Gasteiger partial charge in [0.15, 0.2) is 16.4 Å². The Morgan fingerprint density at radius 2 is 1.88 bits per heavy atom. The summed E-state index contributed by atoms with van der Waals surface area (Å²) in [7, 11) is -3.59. The first kappa shape index (κ1) is 20.4. The van der Waals surface area contributed by atoms with Crippen molar-refractivity contribution in [2.75, 3.05) is 18.2 Å². The molecular formula is C17H15BrClNO5S. The molecule has 0 unspecified atom stereocenters. The van der Waals surface area contributed by atoms with Crippen molar-refractivity contribution in [2.45, 2.75) is 11.8 Å². The van der Waals surface area contributed by atoms with Crippen molar-refractivity contribution < 1.29 is 22.7 Å². The summed E-state index contributed by atoms with van der Waals surface area (Å²) in [4.78, 5) is 23.8. The third kappa shape index (κ3) is 5.30. The van der Waals surface area contributed by atoms with Crippen LogP contribution >= 0.6 is 27.5 Å². The lowest BCUT2D eigenvalue weighted by Gasteiger charge is -2.09. The Hall–Kier alpha value is -1.90. The van der Waals surface area contributed by atoms with E-state index in [1.165, 1.54) is 12.1 Å². The number of hydrogen-bond donors (Lipinski definition) is 1. The van der Waals surface area contributed by atoms with E-state index in [1.54, 1.807) is 6.07 Å². The highest BCUT2D eigenvalue weighted by Gasteiger charge is 2.17. The Bertz CT molecular complexity index is 975. The molecule has 1 N–H and O–H groups in total. The smallest absolute Gasteiger partial charge is 0.338 e. The van der Waals surface area contributed by atoms with Gasteiger partial charge in [0.1, 0.15) is 0 Å². The second-order valence-corrected chi connectivity index (χ2v) is 8.77. The van der Waals surface area contributed by atoms with Gasteiger partial charge in [-0.05, 0) is 58.7 Å². The summed E-state index contributed by atoms with van der Waals surface area (Å²) in [6.45, 7) is 1.39. The number of carbonyl (C=O) groups excluding carboxylic acids is 2. The number of rotatable bonds is 5. The third-order valence-electron chi connectivity index (χ3n) is 3.30. The topological polar surface area (TPSA) is 89.5 Å². The SMILES string of the molecule is Cc1ccc(NC(=O)COC(=O)c2ccc(Cl)c(S(C)(=O)=O)c2)c(Br)c1. The van der Waals surface area contributed by atoms with Gasteiger partial charge in [-0.15, -0.1) is 0 Å². The average Bonchev–Trinajstić information content (AvgIpc) is 2.54. The highest BCUT2D eigenvalue weighted by Crippen LogP contribution is 2.24. The molecule has 0 radical (unpaired) electrons. The van der Waals surface area contributed by atoms with Gasteiger partial charge in [0.25, 0.3) is 5.91 Å². The molecule has 1 amide bonds. The molecule has 0 saturated heterocycles. The van der Waals surface area contributed by atoms with Crippen molar-refractivity contribution in [3.8, 4) is 0 Å². The Labute approximate surface area is 164 Å². The highest BCUT2D eigenvalue weighted by atomic mass is 79.9. The summed E-state index contributed by atoms with van der Waals surface area (Å²) in [6, 6.07) is 9.12. The summed E-state index contributed by atoms with van der Waals surface area (Å²) < 4.78 is 28.9. The molecule has 2 aromatic rings. The lowest BCUT2D eigenvalue weighted by molar-refractivity contribution is -0.119. The fourth-order valence-electron chi connectivity index (χ4n) is 2.04. The van der Waals surface area contributed by atoms with Crippen molar-refractivity contribution in [1.82, 2.24) is 0 Å². The van der Waals surface area contributed by atoms with Crippen LogP contribution in [-0.2, 0) is 19.4 Å².